The molecule has 0 fully saturated rings. The molecule has 2 rings (SSSR count). The summed E-state index contributed by atoms with van der Waals surface area (Å²) >= 11 is 0. The number of nitrogens with zero attached hydrogens (tertiary/aromatic N) is 1. The Morgan fingerprint density at radius 3 is 2.59 bits per heavy atom. The van der Waals surface area contributed by atoms with Crippen LogP contribution >= 0.6 is 0 Å². The van der Waals surface area contributed by atoms with E-state index in [0.717, 1.165) is 11.3 Å². The van der Waals surface area contributed by atoms with Crippen molar-refractivity contribution in [3.8, 4) is 5.75 Å². The number of carbonyl (C=O) groups is 1. The molecule has 0 aliphatic rings. The lowest BCUT2D eigenvalue weighted by Crippen LogP contribution is -2.31. The Morgan fingerprint density at radius 1 is 1.14 bits per heavy atom. The molecule has 0 unspecified atom stereocenters. The van der Waals surface area contributed by atoms with Gasteiger partial charge in [0, 0.05) is 13.1 Å². The maximum atomic E-state index is 12.5. The monoisotopic (exact) mass is 297 g/mol. The summed E-state index contributed by atoms with van der Waals surface area (Å²) in [6.45, 7) is 5.46. The van der Waals surface area contributed by atoms with Gasteiger partial charge in [0.1, 0.15) is 5.75 Å². The van der Waals surface area contributed by atoms with Crippen LogP contribution in [0.2, 0.25) is 0 Å². The highest BCUT2D eigenvalue weighted by Gasteiger charge is 2.14. The van der Waals surface area contributed by atoms with Gasteiger partial charge in [0.05, 0.1) is 13.5 Å². The van der Waals surface area contributed by atoms with E-state index in [0.29, 0.717) is 19.5 Å². The van der Waals surface area contributed by atoms with Crippen LogP contribution < -0.4 is 4.74 Å². The summed E-state index contributed by atoms with van der Waals surface area (Å²) < 4.78 is 5.21. The number of hydrogen-bond acceptors (Lipinski definition) is 2. The van der Waals surface area contributed by atoms with Crippen molar-refractivity contribution in [1.29, 1.82) is 0 Å². The van der Waals surface area contributed by atoms with Crippen molar-refractivity contribution in [1.82, 2.24) is 4.90 Å². The first-order valence-electron chi connectivity index (χ1n) is 7.59. The molecular formula is C19H23NO2. The average Bonchev–Trinajstić information content (AvgIpc) is 2.54. The Balaban J connectivity index is 2.07. The standard InChI is InChI=1S/C19H23NO2/c1-4-20(14-17-10-6-5-8-15(17)2)19(21)13-16-9-7-11-18(12-16)22-3/h5-12H,4,13-14H2,1-3H3. The molecule has 1 amide bonds. The molecule has 0 bridgehead atoms. The minimum Gasteiger partial charge on any atom is -0.497 e. The number of aryl methyl sites for hydroxylation is 1. The van der Waals surface area contributed by atoms with Crippen molar-refractivity contribution in [3.05, 3.63) is 65.2 Å². The lowest BCUT2D eigenvalue weighted by Gasteiger charge is -2.22. The van der Waals surface area contributed by atoms with E-state index in [2.05, 4.69) is 19.1 Å². The van der Waals surface area contributed by atoms with Crippen LogP contribution in [0.25, 0.3) is 0 Å². The summed E-state index contributed by atoms with van der Waals surface area (Å²) in [5, 5.41) is 0. The van der Waals surface area contributed by atoms with E-state index < -0.39 is 0 Å². The molecule has 3 nitrogen and oxygen atoms in total. The third-order valence-electron chi connectivity index (χ3n) is 3.85. The maximum absolute atomic E-state index is 12.5. The van der Waals surface area contributed by atoms with E-state index in [1.54, 1.807) is 7.11 Å². The van der Waals surface area contributed by atoms with Gasteiger partial charge in [0.15, 0.2) is 0 Å². The number of rotatable bonds is 6. The van der Waals surface area contributed by atoms with Gasteiger partial charge < -0.3 is 9.64 Å². The minimum atomic E-state index is 0.138. The van der Waals surface area contributed by atoms with Gasteiger partial charge in [-0.15, -0.1) is 0 Å². The smallest absolute Gasteiger partial charge is 0.227 e. The van der Waals surface area contributed by atoms with E-state index in [1.807, 2.05) is 48.2 Å². The van der Waals surface area contributed by atoms with E-state index in [4.69, 9.17) is 4.74 Å². The van der Waals surface area contributed by atoms with E-state index >= 15 is 0 Å². The molecular weight excluding hydrogens is 274 g/mol. The highest BCUT2D eigenvalue weighted by atomic mass is 16.5. The Labute approximate surface area is 132 Å². The molecule has 0 aromatic heterocycles. The van der Waals surface area contributed by atoms with Crippen LogP contribution in [0.4, 0.5) is 0 Å². The first-order chi connectivity index (χ1) is 10.6. The van der Waals surface area contributed by atoms with Crippen LogP contribution in [0.5, 0.6) is 5.75 Å². The zero-order valence-corrected chi connectivity index (χ0v) is 13.5. The molecule has 0 spiro atoms. The van der Waals surface area contributed by atoms with Gasteiger partial charge in [0.25, 0.3) is 0 Å². The molecule has 0 aliphatic heterocycles. The van der Waals surface area contributed by atoms with Gasteiger partial charge in [-0.3, -0.25) is 4.79 Å². The molecule has 2 aromatic carbocycles. The van der Waals surface area contributed by atoms with Crippen LogP contribution in [-0.4, -0.2) is 24.5 Å². The van der Waals surface area contributed by atoms with E-state index in [1.165, 1.54) is 11.1 Å². The number of carbonyl (C=O) groups excluding carboxylic acids is 1. The van der Waals surface area contributed by atoms with Crippen molar-refractivity contribution in [2.24, 2.45) is 0 Å². The van der Waals surface area contributed by atoms with Crippen molar-refractivity contribution in [2.75, 3.05) is 13.7 Å². The summed E-state index contributed by atoms with van der Waals surface area (Å²) in [5.74, 6) is 0.922. The zero-order valence-electron chi connectivity index (χ0n) is 13.5. The van der Waals surface area contributed by atoms with Crippen molar-refractivity contribution >= 4 is 5.91 Å². The Kier molecular flexibility index (Phi) is 5.59. The zero-order chi connectivity index (χ0) is 15.9. The highest BCUT2D eigenvalue weighted by Crippen LogP contribution is 2.15. The number of hydrogen-bond donors (Lipinski definition) is 0. The largest absolute Gasteiger partial charge is 0.497 e. The van der Waals surface area contributed by atoms with Gasteiger partial charge in [-0.1, -0.05) is 36.4 Å². The van der Waals surface area contributed by atoms with E-state index in [9.17, 15) is 4.79 Å². The molecule has 22 heavy (non-hydrogen) atoms. The van der Waals surface area contributed by atoms with Crippen LogP contribution in [0, 0.1) is 6.92 Å². The minimum absolute atomic E-state index is 0.138. The molecule has 0 aliphatic carbocycles. The summed E-state index contributed by atoms with van der Waals surface area (Å²) in [7, 11) is 1.64. The topological polar surface area (TPSA) is 29.5 Å². The average molecular weight is 297 g/mol. The lowest BCUT2D eigenvalue weighted by molar-refractivity contribution is -0.130. The predicted molar refractivity (Wildman–Crippen MR) is 89.0 cm³/mol. The second kappa shape index (κ2) is 7.64. The Morgan fingerprint density at radius 2 is 1.91 bits per heavy atom. The van der Waals surface area contributed by atoms with Crippen LogP contribution in [0.3, 0.4) is 0 Å². The summed E-state index contributed by atoms with van der Waals surface area (Å²) in [4.78, 5) is 14.4. The van der Waals surface area contributed by atoms with Crippen molar-refractivity contribution < 1.29 is 9.53 Å². The summed E-state index contributed by atoms with van der Waals surface area (Å²) in [5.41, 5.74) is 3.39. The van der Waals surface area contributed by atoms with Gasteiger partial charge in [-0.25, -0.2) is 0 Å². The molecule has 0 heterocycles. The third-order valence-corrected chi connectivity index (χ3v) is 3.85. The van der Waals surface area contributed by atoms with Gasteiger partial charge in [0.2, 0.25) is 5.91 Å². The molecule has 0 radical (unpaired) electrons. The van der Waals surface area contributed by atoms with Crippen LogP contribution in [-0.2, 0) is 17.8 Å². The summed E-state index contributed by atoms with van der Waals surface area (Å²) in [6.07, 6.45) is 0.400. The molecule has 116 valence electrons. The fraction of sp³-hybridized carbons (Fsp3) is 0.316. The number of amides is 1. The number of likely N-dealkylation sites (N-methyl/N-ethyl adjacent to an activating group) is 1. The quantitative estimate of drug-likeness (QED) is 0.815. The van der Waals surface area contributed by atoms with Crippen molar-refractivity contribution in [3.63, 3.8) is 0 Å². The first kappa shape index (κ1) is 16.1. The fourth-order valence-corrected chi connectivity index (χ4v) is 2.44. The van der Waals surface area contributed by atoms with Gasteiger partial charge in [-0.2, -0.15) is 0 Å². The Bertz CT molecular complexity index is 637. The molecule has 0 saturated heterocycles. The van der Waals surface area contributed by atoms with Crippen molar-refractivity contribution in [2.45, 2.75) is 26.8 Å². The molecule has 0 N–H and O–H groups in total. The second-order valence-electron chi connectivity index (χ2n) is 5.36. The highest BCUT2D eigenvalue weighted by molar-refractivity contribution is 5.78. The van der Waals surface area contributed by atoms with Gasteiger partial charge in [-0.05, 0) is 42.7 Å². The fourth-order valence-electron chi connectivity index (χ4n) is 2.44. The molecule has 0 atom stereocenters. The molecule has 3 heteroatoms. The second-order valence-corrected chi connectivity index (χ2v) is 5.36. The predicted octanol–water partition coefficient (Wildman–Crippen LogP) is 3.59. The van der Waals surface area contributed by atoms with Crippen LogP contribution in [0.15, 0.2) is 48.5 Å². The third kappa shape index (κ3) is 4.10. The lowest BCUT2D eigenvalue weighted by atomic mass is 10.1. The van der Waals surface area contributed by atoms with Crippen LogP contribution in [0.1, 0.15) is 23.6 Å². The molecule has 0 saturated carbocycles. The number of methoxy groups -OCH3 is 1. The first-order valence-corrected chi connectivity index (χ1v) is 7.59. The van der Waals surface area contributed by atoms with E-state index in [-0.39, 0.29) is 5.91 Å². The SMILES string of the molecule is CCN(Cc1ccccc1C)C(=O)Cc1cccc(OC)c1. The molecule has 2 aromatic rings. The number of benzene rings is 2. The maximum Gasteiger partial charge on any atom is 0.227 e. The number of ether oxygens (including phenoxy) is 1. The summed E-state index contributed by atoms with van der Waals surface area (Å²) in [6, 6.07) is 15.9. The normalized spacial score (nSPS) is 10.3. The Hall–Kier alpha value is -2.29. The van der Waals surface area contributed by atoms with Gasteiger partial charge >= 0.3 is 0 Å².